The van der Waals surface area contributed by atoms with Crippen molar-refractivity contribution in [1.82, 2.24) is 5.16 Å². The standard InChI is InChI=1S/C19H21NO7S/c1-11-10-14(20-26-11)15-16(21)19(18-13(8-9-25-18)17(15)24-2)28(22,23)27-12-6-4-3-5-7-12/h8-10,12,21H,3-7H2,1-2H3. The number of rotatable bonds is 5. The summed E-state index contributed by atoms with van der Waals surface area (Å²) in [5, 5.41) is 15.3. The van der Waals surface area contributed by atoms with E-state index in [1.807, 2.05) is 0 Å². The van der Waals surface area contributed by atoms with Crippen molar-refractivity contribution in [2.24, 2.45) is 0 Å². The van der Waals surface area contributed by atoms with Crippen LogP contribution in [-0.4, -0.2) is 31.9 Å². The van der Waals surface area contributed by atoms with E-state index in [1.54, 1.807) is 19.1 Å². The van der Waals surface area contributed by atoms with E-state index < -0.39 is 26.9 Å². The van der Waals surface area contributed by atoms with Gasteiger partial charge in [0.05, 0.1) is 30.4 Å². The van der Waals surface area contributed by atoms with E-state index in [0.29, 0.717) is 24.0 Å². The first-order chi connectivity index (χ1) is 13.4. The maximum atomic E-state index is 13.1. The summed E-state index contributed by atoms with van der Waals surface area (Å²) in [5.41, 5.74) is 0.345. The number of hydrogen-bond donors (Lipinski definition) is 1. The molecule has 0 radical (unpaired) electrons. The number of aromatic hydroxyl groups is 1. The second-order valence-corrected chi connectivity index (χ2v) is 8.39. The fourth-order valence-electron chi connectivity index (χ4n) is 3.68. The largest absolute Gasteiger partial charge is 0.505 e. The molecule has 0 spiro atoms. The second kappa shape index (κ2) is 7.14. The van der Waals surface area contributed by atoms with Crippen LogP contribution in [0.3, 0.4) is 0 Å². The quantitative estimate of drug-likeness (QED) is 0.628. The number of benzene rings is 1. The number of methoxy groups -OCH3 is 1. The van der Waals surface area contributed by atoms with Crippen LogP contribution in [0.15, 0.2) is 32.2 Å². The highest BCUT2D eigenvalue weighted by Gasteiger charge is 2.34. The van der Waals surface area contributed by atoms with E-state index in [2.05, 4.69) is 5.16 Å². The fraction of sp³-hybridized carbons (Fsp3) is 0.421. The topological polar surface area (TPSA) is 112 Å². The summed E-state index contributed by atoms with van der Waals surface area (Å²) < 4.78 is 47.6. The van der Waals surface area contributed by atoms with Crippen molar-refractivity contribution >= 4 is 21.1 Å². The van der Waals surface area contributed by atoms with E-state index in [-0.39, 0.29) is 22.6 Å². The molecule has 1 aliphatic rings. The molecule has 0 unspecified atom stereocenters. The van der Waals surface area contributed by atoms with Crippen molar-refractivity contribution in [3.05, 3.63) is 24.2 Å². The molecule has 9 heteroatoms. The molecule has 0 aliphatic heterocycles. The number of ether oxygens (including phenoxy) is 1. The highest BCUT2D eigenvalue weighted by Crippen LogP contribution is 2.48. The average molecular weight is 407 g/mol. The van der Waals surface area contributed by atoms with Crippen LogP contribution >= 0.6 is 0 Å². The van der Waals surface area contributed by atoms with Crippen LogP contribution in [0, 0.1) is 6.92 Å². The summed E-state index contributed by atoms with van der Waals surface area (Å²) >= 11 is 0. The lowest BCUT2D eigenvalue weighted by molar-refractivity contribution is 0.162. The van der Waals surface area contributed by atoms with E-state index in [0.717, 1.165) is 19.3 Å². The Balaban J connectivity index is 1.93. The second-order valence-electron chi connectivity index (χ2n) is 6.88. The van der Waals surface area contributed by atoms with Gasteiger partial charge in [-0.25, -0.2) is 0 Å². The van der Waals surface area contributed by atoms with Crippen LogP contribution in [0.25, 0.3) is 22.2 Å². The first kappa shape index (κ1) is 18.8. The molecule has 0 bridgehead atoms. The van der Waals surface area contributed by atoms with Gasteiger partial charge in [0.15, 0.2) is 16.2 Å². The number of hydrogen-bond acceptors (Lipinski definition) is 8. The monoisotopic (exact) mass is 407 g/mol. The van der Waals surface area contributed by atoms with Gasteiger partial charge in [0.1, 0.15) is 17.2 Å². The molecule has 3 aromatic rings. The lowest BCUT2D eigenvalue weighted by atomic mass is 9.98. The summed E-state index contributed by atoms with van der Waals surface area (Å²) in [4.78, 5) is -0.422. The van der Waals surface area contributed by atoms with Gasteiger partial charge < -0.3 is 18.8 Å². The lowest BCUT2D eigenvalue weighted by Gasteiger charge is -2.22. The molecule has 1 aliphatic carbocycles. The SMILES string of the molecule is COc1c(-c2cc(C)on2)c(O)c(S(=O)(=O)OC2CCCCC2)c2occc12. The summed E-state index contributed by atoms with van der Waals surface area (Å²) in [6.07, 6.45) is 5.13. The summed E-state index contributed by atoms with van der Waals surface area (Å²) in [6.45, 7) is 1.69. The molecule has 1 N–H and O–H groups in total. The number of fused-ring (bicyclic) bond motifs is 1. The highest BCUT2D eigenvalue weighted by atomic mass is 32.2. The third-order valence-corrected chi connectivity index (χ3v) is 6.35. The van der Waals surface area contributed by atoms with Crippen LogP contribution < -0.4 is 4.74 Å². The van der Waals surface area contributed by atoms with Gasteiger partial charge in [-0.3, -0.25) is 4.18 Å². The van der Waals surface area contributed by atoms with Crippen LogP contribution in [0.1, 0.15) is 37.9 Å². The molecule has 8 nitrogen and oxygen atoms in total. The van der Waals surface area contributed by atoms with Crippen molar-refractivity contribution in [3.8, 4) is 22.8 Å². The van der Waals surface area contributed by atoms with Crippen molar-refractivity contribution in [3.63, 3.8) is 0 Å². The molecule has 0 saturated heterocycles. The molecule has 2 aromatic heterocycles. The first-order valence-corrected chi connectivity index (χ1v) is 10.5. The molecule has 4 rings (SSSR count). The molecule has 0 amide bonds. The van der Waals surface area contributed by atoms with Gasteiger partial charge in [0, 0.05) is 6.07 Å². The normalized spacial score (nSPS) is 15.9. The Kier molecular flexibility index (Phi) is 4.80. The third kappa shape index (κ3) is 3.14. The van der Waals surface area contributed by atoms with Crippen LogP contribution in [-0.2, 0) is 14.3 Å². The van der Waals surface area contributed by atoms with Gasteiger partial charge in [-0.15, -0.1) is 0 Å². The zero-order valence-electron chi connectivity index (χ0n) is 15.6. The number of phenols is 1. The number of phenolic OH excluding ortho intramolecular Hbond substituents is 1. The van der Waals surface area contributed by atoms with E-state index >= 15 is 0 Å². The number of aryl methyl sites for hydroxylation is 1. The molecule has 1 saturated carbocycles. The van der Waals surface area contributed by atoms with Crippen molar-refractivity contribution in [2.75, 3.05) is 7.11 Å². The minimum absolute atomic E-state index is 0.0193. The Morgan fingerprint density at radius 3 is 2.64 bits per heavy atom. The van der Waals surface area contributed by atoms with E-state index in [9.17, 15) is 13.5 Å². The van der Waals surface area contributed by atoms with Crippen molar-refractivity contribution < 1.29 is 31.4 Å². The Bertz CT molecular complexity index is 1110. The van der Waals surface area contributed by atoms with Gasteiger partial charge in [-0.1, -0.05) is 24.4 Å². The zero-order valence-corrected chi connectivity index (χ0v) is 16.4. The average Bonchev–Trinajstić information content (AvgIpc) is 3.29. The zero-order chi connectivity index (χ0) is 19.9. The number of aromatic nitrogens is 1. The maximum Gasteiger partial charge on any atom is 0.304 e. The number of furan rings is 1. The Morgan fingerprint density at radius 1 is 1.25 bits per heavy atom. The third-order valence-electron chi connectivity index (χ3n) is 4.95. The van der Waals surface area contributed by atoms with Gasteiger partial charge in [0.2, 0.25) is 0 Å². The van der Waals surface area contributed by atoms with Gasteiger partial charge >= 0.3 is 10.1 Å². The molecular weight excluding hydrogens is 386 g/mol. The number of nitrogens with zero attached hydrogens (tertiary/aromatic N) is 1. The maximum absolute atomic E-state index is 13.1. The van der Waals surface area contributed by atoms with E-state index in [4.69, 9.17) is 17.9 Å². The summed E-state index contributed by atoms with van der Waals surface area (Å²) in [6, 6.07) is 3.16. The van der Waals surface area contributed by atoms with Gasteiger partial charge in [0.25, 0.3) is 0 Å². The smallest absolute Gasteiger partial charge is 0.304 e. The molecule has 1 fully saturated rings. The summed E-state index contributed by atoms with van der Waals surface area (Å²) in [5.74, 6) is 0.209. The van der Waals surface area contributed by atoms with Crippen molar-refractivity contribution in [1.29, 1.82) is 0 Å². The molecule has 1 aromatic carbocycles. The Morgan fingerprint density at radius 2 is 2.00 bits per heavy atom. The first-order valence-electron chi connectivity index (χ1n) is 9.09. The molecule has 28 heavy (non-hydrogen) atoms. The van der Waals surface area contributed by atoms with Crippen molar-refractivity contribution in [2.45, 2.75) is 50.0 Å². The highest BCUT2D eigenvalue weighted by molar-refractivity contribution is 7.87. The molecule has 2 heterocycles. The minimum atomic E-state index is -4.29. The molecule has 0 atom stereocenters. The lowest BCUT2D eigenvalue weighted by Crippen LogP contribution is -2.21. The molecular formula is C19H21NO7S. The van der Waals surface area contributed by atoms with Gasteiger partial charge in [-0.05, 0) is 25.8 Å². The fourth-order valence-corrected chi connectivity index (χ4v) is 5.05. The van der Waals surface area contributed by atoms with Crippen LogP contribution in [0.4, 0.5) is 0 Å². The predicted octanol–water partition coefficient (Wildman–Crippen LogP) is 4.15. The Labute approximate surface area is 162 Å². The van der Waals surface area contributed by atoms with Gasteiger partial charge in [-0.2, -0.15) is 8.42 Å². The summed E-state index contributed by atoms with van der Waals surface area (Å²) in [7, 11) is -2.87. The van der Waals surface area contributed by atoms with Crippen LogP contribution in [0.2, 0.25) is 0 Å². The predicted molar refractivity (Wildman–Crippen MR) is 99.8 cm³/mol. The molecule has 150 valence electrons. The van der Waals surface area contributed by atoms with E-state index in [1.165, 1.54) is 13.4 Å². The van der Waals surface area contributed by atoms with Crippen LogP contribution in [0.5, 0.6) is 11.5 Å². The minimum Gasteiger partial charge on any atom is -0.505 e. The Hall–Kier alpha value is -2.52.